The normalized spacial score (nSPS) is 12.9. The fourth-order valence-corrected chi connectivity index (χ4v) is 3.93. The van der Waals surface area contributed by atoms with Gasteiger partial charge in [-0.2, -0.15) is 0 Å². The van der Waals surface area contributed by atoms with Crippen LogP contribution < -0.4 is 16.0 Å². The van der Waals surface area contributed by atoms with Crippen LogP contribution in [0.1, 0.15) is 37.3 Å². The first kappa shape index (κ1) is 24.8. The Bertz CT molecular complexity index is 1020. The number of nitrogens with one attached hydrogen (secondary N) is 3. The van der Waals surface area contributed by atoms with E-state index >= 15 is 0 Å². The average Bonchev–Trinajstić information content (AvgIpc) is 3.13. The van der Waals surface area contributed by atoms with Gasteiger partial charge in [0.25, 0.3) is 0 Å². The molecule has 0 heterocycles. The van der Waals surface area contributed by atoms with E-state index in [2.05, 4.69) is 28.1 Å². The third-order valence-corrected chi connectivity index (χ3v) is 5.74. The van der Waals surface area contributed by atoms with Crippen LogP contribution in [-0.2, 0) is 19.1 Å². The molecule has 180 valence electrons. The topological polar surface area (TPSA) is 134 Å². The lowest BCUT2D eigenvalue weighted by molar-refractivity contribution is -0.137. The maximum Gasteiger partial charge on any atom is 0.407 e. The van der Waals surface area contributed by atoms with Crippen LogP contribution in [0.2, 0.25) is 0 Å². The van der Waals surface area contributed by atoms with E-state index in [-0.39, 0.29) is 31.4 Å². The van der Waals surface area contributed by atoms with E-state index < -0.39 is 36.5 Å². The maximum atomic E-state index is 12.6. The van der Waals surface area contributed by atoms with E-state index in [1.54, 1.807) is 0 Å². The number of carboxylic acids is 1. The summed E-state index contributed by atoms with van der Waals surface area (Å²) in [7, 11) is 0. The van der Waals surface area contributed by atoms with E-state index in [1.807, 2.05) is 50.2 Å². The second-order valence-corrected chi connectivity index (χ2v) is 8.47. The zero-order valence-corrected chi connectivity index (χ0v) is 19.2. The Balaban J connectivity index is 1.52. The smallest absolute Gasteiger partial charge is 0.407 e. The number of aliphatic carboxylic acids is 1. The number of amides is 3. The van der Waals surface area contributed by atoms with Gasteiger partial charge in [-0.05, 0) is 28.2 Å². The number of hydrogen-bond acceptors (Lipinski definition) is 5. The number of carbonyl (C=O) groups is 4. The van der Waals surface area contributed by atoms with Crippen LogP contribution in [0.5, 0.6) is 0 Å². The van der Waals surface area contributed by atoms with Gasteiger partial charge in [-0.25, -0.2) is 4.79 Å². The molecule has 34 heavy (non-hydrogen) atoms. The summed E-state index contributed by atoms with van der Waals surface area (Å²) >= 11 is 0. The highest BCUT2D eigenvalue weighted by molar-refractivity contribution is 5.87. The molecule has 1 aliphatic rings. The largest absolute Gasteiger partial charge is 0.480 e. The van der Waals surface area contributed by atoms with Crippen LogP contribution in [0.15, 0.2) is 48.5 Å². The first-order chi connectivity index (χ1) is 16.3. The lowest BCUT2D eigenvalue weighted by atomic mass is 9.98. The molecule has 0 saturated heterocycles. The highest BCUT2D eigenvalue weighted by Crippen LogP contribution is 2.44. The molecule has 0 fully saturated rings. The molecule has 0 aromatic heterocycles. The molecule has 3 amide bonds. The average molecular weight is 468 g/mol. The molecule has 0 spiro atoms. The minimum Gasteiger partial charge on any atom is -0.480 e. The monoisotopic (exact) mass is 467 g/mol. The van der Waals surface area contributed by atoms with Crippen LogP contribution in [-0.4, -0.2) is 54.7 Å². The molecule has 2 aromatic carbocycles. The lowest BCUT2D eigenvalue weighted by Gasteiger charge is -2.22. The molecule has 0 aliphatic heterocycles. The van der Waals surface area contributed by atoms with Gasteiger partial charge in [-0.1, -0.05) is 62.4 Å². The Morgan fingerprint density at radius 3 is 2.00 bits per heavy atom. The number of carbonyl (C=O) groups excluding carboxylic acids is 3. The molecule has 0 radical (unpaired) electrons. The first-order valence-electron chi connectivity index (χ1n) is 11.1. The second kappa shape index (κ2) is 11.3. The predicted octanol–water partition coefficient (Wildman–Crippen LogP) is 2.26. The van der Waals surface area contributed by atoms with E-state index in [0.29, 0.717) is 0 Å². The second-order valence-electron chi connectivity index (χ2n) is 8.47. The summed E-state index contributed by atoms with van der Waals surface area (Å²) < 4.78 is 5.55. The van der Waals surface area contributed by atoms with Crippen molar-refractivity contribution in [3.05, 3.63) is 59.7 Å². The van der Waals surface area contributed by atoms with Crippen LogP contribution in [0, 0.1) is 5.92 Å². The summed E-state index contributed by atoms with van der Waals surface area (Å²) in [5, 5.41) is 15.9. The van der Waals surface area contributed by atoms with E-state index in [4.69, 9.17) is 9.84 Å². The number of alkyl carbamates (subject to hydrolysis) is 1. The van der Waals surface area contributed by atoms with Crippen LogP contribution >= 0.6 is 0 Å². The minimum atomic E-state index is -1.17. The molecular formula is C25H29N3O6. The van der Waals surface area contributed by atoms with Gasteiger partial charge in [0.2, 0.25) is 11.8 Å². The van der Waals surface area contributed by atoms with Gasteiger partial charge in [-0.3, -0.25) is 14.4 Å². The molecule has 2 aromatic rings. The van der Waals surface area contributed by atoms with Crippen molar-refractivity contribution < 1.29 is 29.0 Å². The number of benzene rings is 2. The molecule has 3 rings (SSSR count). The predicted molar refractivity (Wildman–Crippen MR) is 125 cm³/mol. The molecule has 1 aliphatic carbocycles. The van der Waals surface area contributed by atoms with Gasteiger partial charge in [0.05, 0.1) is 6.54 Å². The molecule has 0 bridgehead atoms. The number of fused-ring (bicyclic) bond motifs is 3. The molecular weight excluding hydrogens is 438 g/mol. The van der Waals surface area contributed by atoms with Gasteiger partial charge in [0.1, 0.15) is 13.2 Å². The van der Waals surface area contributed by atoms with Gasteiger partial charge < -0.3 is 25.8 Å². The van der Waals surface area contributed by atoms with Crippen molar-refractivity contribution in [1.29, 1.82) is 0 Å². The summed E-state index contributed by atoms with van der Waals surface area (Å²) in [6.45, 7) is 3.03. The van der Waals surface area contributed by atoms with Gasteiger partial charge in [-0.15, -0.1) is 0 Å². The molecule has 9 nitrogen and oxygen atoms in total. The lowest BCUT2D eigenvalue weighted by Crippen LogP contribution is -2.44. The van der Waals surface area contributed by atoms with Crippen molar-refractivity contribution in [1.82, 2.24) is 16.0 Å². The summed E-state index contributed by atoms with van der Waals surface area (Å²) in [5.74, 6) is -2.35. The van der Waals surface area contributed by atoms with E-state index in [9.17, 15) is 19.2 Å². The Labute approximate surface area is 197 Å². The summed E-state index contributed by atoms with van der Waals surface area (Å²) in [5.41, 5.74) is 4.49. The van der Waals surface area contributed by atoms with E-state index in [0.717, 1.165) is 22.3 Å². The highest BCUT2D eigenvalue weighted by Gasteiger charge is 2.29. The summed E-state index contributed by atoms with van der Waals surface area (Å²) in [4.78, 5) is 46.8. The summed E-state index contributed by atoms with van der Waals surface area (Å²) in [6.07, 6.45) is -0.666. The zero-order chi connectivity index (χ0) is 24.7. The minimum absolute atomic E-state index is 0.0475. The van der Waals surface area contributed by atoms with Crippen LogP contribution in [0.25, 0.3) is 11.1 Å². The van der Waals surface area contributed by atoms with Crippen molar-refractivity contribution >= 4 is 23.9 Å². The van der Waals surface area contributed by atoms with Crippen molar-refractivity contribution in [2.45, 2.75) is 32.2 Å². The molecule has 1 atom stereocenters. The van der Waals surface area contributed by atoms with Crippen molar-refractivity contribution in [3.8, 4) is 11.1 Å². The van der Waals surface area contributed by atoms with Gasteiger partial charge >= 0.3 is 12.1 Å². The fourth-order valence-electron chi connectivity index (χ4n) is 3.93. The Hall–Kier alpha value is -3.88. The number of ether oxygens (including phenoxy) is 1. The van der Waals surface area contributed by atoms with Gasteiger partial charge in [0, 0.05) is 18.4 Å². The highest BCUT2D eigenvalue weighted by atomic mass is 16.5. The standard InChI is InChI=1S/C25H29N3O6/c1-15(2)21(11-22(29)26-12-23(30)27-13-24(31)32)28-25(33)34-14-20-18-9-5-3-7-16(18)17-8-4-6-10-19(17)20/h3-10,15,20-21H,11-14H2,1-2H3,(H,26,29)(H,27,30)(H,28,33)(H,31,32)/t21-/m0/s1. The molecule has 0 saturated carbocycles. The molecule has 4 N–H and O–H groups in total. The van der Waals surface area contributed by atoms with Crippen LogP contribution in [0.3, 0.4) is 0 Å². The number of hydrogen-bond donors (Lipinski definition) is 4. The SMILES string of the molecule is CC(C)[C@H](CC(=O)NCC(=O)NCC(=O)O)NC(=O)OCC1c2ccccc2-c2ccccc21. The zero-order valence-electron chi connectivity index (χ0n) is 19.2. The third-order valence-electron chi connectivity index (χ3n) is 5.74. The van der Waals surface area contributed by atoms with Crippen molar-refractivity contribution in [3.63, 3.8) is 0 Å². The van der Waals surface area contributed by atoms with Gasteiger partial charge in [0.15, 0.2) is 0 Å². The quantitative estimate of drug-likeness (QED) is 0.424. The summed E-state index contributed by atoms with van der Waals surface area (Å²) in [6, 6.07) is 15.6. The van der Waals surface area contributed by atoms with Crippen molar-refractivity contribution in [2.24, 2.45) is 5.92 Å². The Kier molecular flexibility index (Phi) is 8.24. The fraction of sp³-hybridized carbons (Fsp3) is 0.360. The van der Waals surface area contributed by atoms with E-state index in [1.165, 1.54) is 0 Å². The van der Waals surface area contributed by atoms with Crippen molar-refractivity contribution in [2.75, 3.05) is 19.7 Å². The Morgan fingerprint density at radius 1 is 0.882 bits per heavy atom. The first-order valence-corrected chi connectivity index (χ1v) is 11.1. The maximum absolute atomic E-state index is 12.6. The molecule has 9 heteroatoms. The molecule has 0 unspecified atom stereocenters. The van der Waals surface area contributed by atoms with Crippen LogP contribution in [0.4, 0.5) is 4.79 Å². The number of carboxylic acid groups (broad SMARTS) is 1. The Morgan fingerprint density at radius 2 is 1.44 bits per heavy atom. The third kappa shape index (κ3) is 6.34. The number of rotatable bonds is 10.